The van der Waals surface area contributed by atoms with E-state index in [2.05, 4.69) is 24.4 Å². The highest BCUT2D eigenvalue weighted by Gasteiger charge is 2.44. The standard InChI is InChI=1S/C30H55NO10/c1-3-5-7-8-9-10-11-12-13-14-15-16-18-23(34)29(39)31-21(25(35)22(33)17-6-4-2)20-40-30-28(38)27(37)26(36)24(19-32)41-30/h12-13,15-16,21-28,30,32-38H,3-11,14,17-20H2,1-2H3,(H,31,39)/b13-12-,16-15-. The Balaban J connectivity index is 2.62. The van der Waals surface area contributed by atoms with Gasteiger partial charge in [0.05, 0.1) is 25.4 Å². The number of nitrogens with one attached hydrogen (secondary N) is 1. The van der Waals surface area contributed by atoms with Crippen molar-refractivity contribution in [2.45, 2.75) is 146 Å². The minimum atomic E-state index is -1.66. The number of allylic oxidation sites excluding steroid dienone is 3. The first-order chi connectivity index (χ1) is 19.7. The Morgan fingerprint density at radius 3 is 2.22 bits per heavy atom. The van der Waals surface area contributed by atoms with Crippen molar-refractivity contribution in [3.8, 4) is 0 Å². The number of aliphatic hydroxyl groups is 7. The summed E-state index contributed by atoms with van der Waals surface area (Å²) in [5, 5.41) is 73.5. The number of unbranched alkanes of at least 4 members (excludes halogenated alkanes) is 7. The molecular weight excluding hydrogens is 534 g/mol. The lowest BCUT2D eigenvalue weighted by Crippen LogP contribution is -2.60. The van der Waals surface area contributed by atoms with E-state index in [4.69, 9.17) is 9.47 Å². The van der Waals surface area contributed by atoms with Crippen molar-refractivity contribution in [3.05, 3.63) is 24.3 Å². The van der Waals surface area contributed by atoms with E-state index in [-0.39, 0.29) is 12.8 Å². The third-order valence-corrected chi connectivity index (χ3v) is 7.27. The topological polar surface area (TPSA) is 189 Å². The Bertz CT molecular complexity index is 734. The first kappa shape index (κ1) is 37.6. The molecule has 0 aromatic heterocycles. The maximum atomic E-state index is 12.7. The predicted octanol–water partition coefficient (Wildman–Crippen LogP) is 1.20. The van der Waals surface area contributed by atoms with Gasteiger partial charge in [0, 0.05) is 6.42 Å². The normalized spacial score (nSPS) is 26.3. The van der Waals surface area contributed by atoms with Gasteiger partial charge in [-0.05, 0) is 25.7 Å². The third kappa shape index (κ3) is 14.5. The summed E-state index contributed by atoms with van der Waals surface area (Å²) in [6, 6.07) is -1.19. The maximum Gasteiger partial charge on any atom is 0.249 e. The molecular formula is C30H55NO10. The van der Waals surface area contributed by atoms with E-state index in [1.165, 1.54) is 38.5 Å². The molecule has 1 aliphatic rings. The number of aliphatic hydroxyl groups excluding tert-OH is 7. The van der Waals surface area contributed by atoms with Crippen LogP contribution >= 0.6 is 0 Å². The molecule has 1 aliphatic heterocycles. The number of amides is 1. The summed E-state index contributed by atoms with van der Waals surface area (Å²) in [5.41, 5.74) is 0. The van der Waals surface area contributed by atoms with Crippen LogP contribution in [0.25, 0.3) is 0 Å². The van der Waals surface area contributed by atoms with Crippen LogP contribution in [0.1, 0.15) is 90.9 Å². The number of hydrogen-bond donors (Lipinski definition) is 8. The highest BCUT2D eigenvalue weighted by atomic mass is 16.7. The van der Waals surface area contributed by atoms with Crippen LogP contribution in [0.2, 0.25) is 0 Å². The van der Waals surface area contributed by atoms with E-state index >= 15 is 0 Å². The smallest absolute Gasteiger partial charge is 0.249 e. The van der Waals surface area contributed by atoms with Gasteiger partial charge in [-0.2, -0.15) is 0 Å². The molecule has 0 saturated carbocycles. The van der Waals surface area contributed by atoms with E-state index in [0.29, 0.717) is 12.8 Å². The molecule has 0 aromatic rings. The second-order valence-corrected chi connectivity index (χ2v) is 10.8. The summed E-state index contributed by atoms with van der Waals surface area (Å²) in [4.78, 5) is 12.7. The molecule has 0 aromatic carbocycles. The van der Waals surface area contributed by atoms with Gasteiger partial charge in [-0.15, -0.1) is 0 Å². The van der Waals surface area contributed by atoms with E-state index in [1.807, 2.05) is 13.0 Å². The maximum absolute atomic E-state index is 12.7. The van der Waals surface area contributed by atoms with E-state index in [1.54, 1.807) is 6.08 Å². The van der Waals surface area contributed by atoms with Gasteiger partial charge in [0.25, 0.3) is 0 Å². The molecule has 1 heterocycles. The lowest BCUT2D eigenvalue weighted by molar-refractivity contribution is -0.303. The minimum Gasteiger partial charge on any atom is -0.394 e. The third-order valence-electron chi connectivity index (χ3n) is 7.27. The zero-order chi connectivity index (χ0) is 30.6. The Morgan fingerprint density at radius 2 is 1.54 bits per heavy atom. The van der Waals surface area contributed by atoms with Gasteiger partial charge in [-0.1, -0.05) is 83.1 Å². The first-order valence-electron chi connectivity index (χ1n) is 15.2. The van der Waals surface area contributed by atoms with E-state index in [9.17, 15) is 40.5 Å². The molecule has 1 rings (SSSR count). The highest BCUT2D eigenvalue weighted by Crippen LogP contribution is 2.22. The largest absolute Gasteiger partial charge is 0.394 e. The van der Waals surface area contributed by atoms with Crippen molar-refractivity contribution in [3.63, 3.8) is 0 Å². The van der Waals surface area contributed by atoms with Crippen LogP contribution in [0.4, 0.5) is 0 Å². The fourth-order valence-corrected chi connectivity index (χ4v) is 4.52. The van der Waals surface area contributed by atoms with E-state index in [0.717, 1.165) is 12.8 Å². The van der Waals surface area contributed by atoms with Crippen LogP contribution in [0.5, 0.6) is 0 Å². The van der Waals surface area contributed by atoms with Crippen molar-refractivity contribution in [2.75, 3.05) is 13.2 Å². The van der Waals surface area contributed by atoms with Crippen LogP contribution in [0.15, 0.2) is 24.3 Å². The van der Waals surface area contributed by atoms with Gasteiger partial charge in [-0.25, -0.2) is 0 Å². The molecule has 41 heavy (non-hydrogen) atoms. The Morgan fingerprint density at radius 1 is 0.878 bits per heavy atom. The van der Waals surface area contributed by atoms with Crippen molar-refractivity contribution in [2.24, 2.45) is 0 Å². The zero-order valence-electron chi connectivity index (χ0n) is 24.8. The average Bonchev–Trinajstić information content (AvgIpc) is 2.97. The zero-order valence-corrected chi connectivity index (χ0v) is 24.8. The first-order valence-corrected chi connectivity index (χ1v) is 15.2. The summed E-state index contributed by atoms with van der Waals surface area (Å²) in [5.74, 6) is -0.780. The molecule has 1 amide bonds. The van der Waals surface area contributed by atoms with Gasteiger partial charge < -0.3 is 50.5 Å². The average molecular weight is 590 g/mol. The second kappa shape index (κ2) is 22.2. The summed E-state index contributed by atoms with van der Waals surface area (Å²) in [7, 11) is 0. The number of hydrogen-bond acceptors (Lipinski definition) is 10. The lowest BCUT2D eigenvalue weighted by Gasteiger charge is -2.40. The van der Waals surface area contributed by atoms with Gasteiger partial charge in [0.2, 0.25) is 5.91 Å². The molecule has 8 N–H and O–H groups in total. The van der Waals surface area contributed by atoms with Crippen molar-refractivity contribution < 1.29 is 50.0 Å². The fraction of sp³-hybridized carbons (Fsp3) is 0.833. The fourth-order valence-electron chi connectivity index (χ4n) is 4.52. The number of rotatable bonds is 22. The molecule has 11 heteroatoms. The van der Waals surface area contributed by atoms with Crippen LogP contribution in [0.3, 0.4) is 0 Å². The Labute approximate surface area is 244 Å². The second-order valence-electron chi connectivity index (χ2n) is 10.8. The Kier molecular flexibility index (Phi) is 20.3. The molecule has 0 aliphatic carbocycles. The Hall–Kier alpha value is -1.41. The quantitative estimate of drug-likeness (QED) is 0.0673. The molecule has 9 unspecified atom stereocenters. The van der Waals surface area contributed by atoms with Gasteiger partial charge in [0.1, 0.15) is 36.6 Å². The van der Waals surface area contributed by atoms with Crippen LogP contribution in [-0.4, -0.2) is 110 Å². The van der Waals surface area contributed by atoms with Crippen LogP contribution in [0, 0.1) is 0 Å². The molecule has 0 radical (unpaired) electrons. The van der Waals surface area contributed by atoms with Gasteiger partial charge in [0.15, 0.2) is 6.29 Å². The highest BCUT2D eigenvalue weighted by molar-refractivity contribution is 5.81. The molecule has 240 valence electrons. The summed E-state index contributed by atoms with van der Waals surface area (Å²) >= 11 is 0. The van der Waals surface area contributed by atoms with Gasteiger partial charge >= 0.3 is 0 Å². The van der Waals surface area contributed by atoms with Crippen molar-refractivity contribution >= 4 is 5.91 Å². The molecule has 9 atom stereocenters. The van der Waals surface area contributed by atoms with Crippen LogP contribution in [-0.2, 0) is 14.3 Å². The number of carbonyl (C=O) groups is 1. The SMILES string of the molecule is CCCCCCCC/C=C\C/C=C\CC(O)C(=O)NC(COC1OC(CO)C(O)C(O)C1O)C(O)C(O)CCCC. The summed E-state index contributed by atoms with van der Waals surface area (Å²) in [6.45, 7) is 3.04. The van der Waals surface area contributed by atoms with E-state index < -0.39 is 74.2 Å². The summed E-state index contributed by atoms with van der Waals surface area (Å²) < 4.78 is 10.8. The predicted molar refractivity (Wildman–Crippen MR) is 155 cm³/mol. The number of carbonyl (C=O) groups excluding carboxylic acids is 1. The molecule has 11 nitrogen and oxygen atoms in total. The van der Waals surface area contributed by atoms with Gasteiger partial charge in [-0.3, -0.25) is 4.79 Å². The monoisotopic (exact) mass is 589 g/mol. The molecule has 0 spiro atoms. The van der Waals surface area contributed by atoms with Crippen molar-refractivity contribution in [1.82, 2.24) is 5.32 Å². The molecule has 1 saturated heterocycles. The van der Waals surface area contributed by atoms with Crippen molar-refractivity contribution in [1.29, 1.82) is 0 Å². The number of ether oxygens (including phenoxy) is 2. The van der Waals surface area contributed by atoms with Crippen LogP contribution < -0.4 is 5.32 Å². The summed E-state index contributed by atoms with van der Waals surface area (Å²) in [6.07, 6.45) is 7.08. The molecule has 0 bridgehead atoms. The minimum absolute atomic E-state index is 0.0475. The lowest BCUT2D eigenvalue weighted by atomic mass is 9.99. The molecule has 1 fully saturated rings.